The molecule has 0 aromatic carbocycles. The fourth-order valence-electron chi connectivity index (χ4n) is 0. The Morgan fingerprint density at radius 2 is 0.130 bits per heavy atom. The van der Waals surface area contributed by atoms with E-state index in [0.29, 0.717) is 0 Å². The Balaban J connectivity index is -0.0000000153. The van der Waals surface area contributed by atoms with Crippen LogP contribution >= 0.6 is 0 Å². The molecule has 0 radical (unpaired) electrons. The Morgan fingerprint density at radius 3 is 0.130 bits per heavy atom. The first-order valence-electron chi connectivity index (χ1n) is 7.07. The van der Waals surface area contributed by atoms with Crippen molar-refractivity contribution in [2.75, 3.05) is 0 Å². The molecule has 0 aromatic rings. The first-order chi connectivity index (χ1) is 17.3. The zero-order valence-corrected chi connectivity index (χ0v) is 32.5. The molecule has 0 unspecified atom stereocenters. The molecule has 0 atom stereocenters. The molecule has 0 rings (SSSR count). The summed E-state index contributed by atoms with van der Waals surface area (Å²) in [6.45, 7) is 0. The van der Waals surface area contributed by atoms with E-state index < -0.39 is 73.2 Å². The molecule has 0 N–H and O–H groups in total. The molecule has 0 aromatic heterocycles. The smallest absolute Gasteiger partial charge is 0.907 e. The van der Waals surface area contributed by atoms with Gasteiger partial charge in [-0.15, -0.1) is 0 Å². The molecular weight excluding hydrogens is 1230 g/mol. The van der Waals surface area contributed by atoms with Crippen molar-refractivity contribution >= 4 is 125 Å². The normalized spacial score (nSPS) is 5.87. The molecule has 0 heterocycles. The number of hydrogen-bond donors (Lipinski definition) is 0. The topological polar surface area (TPSA) is 692 Å². The third kappa shape index (κ3) is 10800. The molecule has 46 heteroatoms. The summed E-state index contributed by atoms with van der Waals surface area (Å²) in [5, 5.41) is 252. The molecular formula is Al3B10O30Re3. The first-order valence-corrected chi connectivity index (χ1v) is 7.07. The van der Waals surface area contributed by atoms with E-state index >= 15 is 0 Å². The second-order valence-electron chi connectivity index (χ2n) is 2.89. The standard InChI is InChI=1S/3Al.10BO3.3Re/c;;;10*2-1(3)4;;;/q3*+3;10*-3;3*+7. The van der Waals surface area contributed by atoms with Gasteiger partial charge in [-0.05, 0) is 0 Å². The van der Waals surface area contributed by atoms with Crippen LogP contribution in [0.15, 0.2) is 0 Å². The summed E-state index contributed by atoms with van der Waals surface area (Å²) in [4.78, 5) is 0. The monoisotopic (exact) mass is 1230 g/mol. The quantitative estimate of drug-likeness (QED) is 0.203. The molecule has 0 aliphatic rings. The summed E-state index contributed by atoms with van der Waals surface area (Å²) in [6, 6.07) is 0. The van der Waals surface area contributed by atoms with Crippen LogP contribution in [0.2, 0.25) is 0 Å². The average Bonchev–Trinajstić information content (AvgIpc) is 2.47. The zero-order chi connectivity index (χ0) is 35.8. The van der Waals surface area contributed by atoms with Gasteiger partial charge >= 0.3 is 113 Å². The molecule has 0 aliphatic heterocycles. The van der Waals surface area contributed by atoms with Crippen molar-refractivity contribution in [2.24, 2.45) is 0 Å². The molecule has 0 saturated carbocycles. The van der Waals surface area contributed by atoms with Crippen LogP contribution in [0.5, 0.6) is 0 Å². The van der Waals surface area contributed by atoms with Gasteiger partial charge in [0.2, 0.25) is 0 Å². The second kappa shape index (κ2) is 97.4. The first kappa shape index (κ1) is 104. The molecule has 0 amide bonds. The molecule has 0 fully saturated rings. The fraction of sp³-hybridized carbons (Fsp3) is 0. The van der Waals surface area contributed by atoms with Gasteiger partial charge in [-0.1, -0.05) is 0 Å². The molecule has 46 heavy (non-hydrogen) atoms. The summed E-state index contributed by atoms with van der Waals surface area (Å²) in [5.41, 5.74) is 0. The maximum absolute atomic E-state index is 8.42. The maximum Gasteiger partial charge on any atom is 7.00 e. The van der Waals surface area contributed by atoms with Crippen molar-refractivity contribution in [3.63, 3.8) is 0 Å². The fourth-order valence-corrected chi connectivity index (χ4v) is 0. The largest absolute Gasteiger partial charge is 7.00 e. The van der Waals surface area contributed by atoms with E-state index in [1.807, 2.05) is 0 Å². The average molecular weight is 1230 g/mol. The van der Waals surface area contributed by atoms with Gasteiger partial charge in [0.25, 0.3) is 0 Å². The van der Waals surface area contributed by atoms with E-state index in [-0.39, 0.29) is 113 Å². The van der Waals surface area contributed by atoms with Gasteiger partial charge in [0.15, 0.2) is 0 Å². The Bertz CT molecular complexity index is 211. The van der Waals surface area contributed by atoms with Crippen molar-refractivity contribution in [3.8, 4) is 0 Å². The third-order valence-electron chi connectivity index (χ3n) is 0. The van der Waals surface area contributed by atoms with Crippen molar-refractivity contribution in [2.45, 2.75) is 0 Å². The van der Waals surface area contributed by atoms with Gasteiger partial charge in [-0.2, -0.15) is 0 Å². The van der Waals surface area contributed by atoms with E-state index in [1.54, 1.807) is 0 Å². The van der Waals surface area contributed by atoms with Gasteiger partial charge in [0, 0.05) is 0 Å². The molecule has 0 aliphatic carbocycles. The Hall–Kier alpha value is 3.03. The minimum Gasteiger partial charge on any atom is -0.907 e. The summed E-state index contributed by atoms with van der Waals surface area (Å²) >= 11 is 0. The van der Waals surface area contributed by atoms with Crippen LogP contribution in [0.25, 0.3) is 0 Å². The molecule has 30 nitrogen and oxygen atoms in total. The SMILES string of the molecule is [Al+3].[Al+3].[Al+3].[O-]B([O-])[O-].[O-]B([O-])[O-].[O-]B([O-])[O-].[O-]B([O-])[O-].[O-]B([O-])[O-].[O-]B([O-])[O-].[O-]B([O-])[O-].[O-]B([O-])[O-].[O-]B([O-])[O-].[O-]B([O-])[O-].[Re+7].[Re+7].[Re+7]. The number of hydrogen-bond acceptors (Lipinski definition) is 30. The molecule has 0 saturated heterocycles. The molecule has 240 valence electrons. The van der Waals surface area contributed by atoms with Crippen LogP contribution in [0.3, 0.4) is 0 Å². The van der Waals surface area contributed by atoms with Gasteiger partial charge in [0.1, 0.15) is 0 Å². The Morgan fingerprint density at radius 1 is 0.130 bits per heavy atom. The predicted octanol–water partition coefficient (Wildman–Crippen LogP) is -40.6. The third-order valence-corrected chi connectivity index (χ3v) is 0. The van der Waals surface area contributed by atoms with E-state index in [0.717, 1.165) is 0 Å². The summed E-state index contributed by atoms with van der Waals surface area (Å²) in [7, 11) is -29.2. The Kier molecular flexibility index (Phi) is 219. The van der Waals surface area contributed by atoms with E-state index in [4.69, 9.17) is 151 Å². The van der Waals surface area contributed by atoms with E-state index in [1.165, 1.54) is 0 Å². The summed E-state index contributed by atoms with van der Waals surface area (Å²) in [6.07, 6.45) is 0. The van der Waals surface area contributed by atoms with Crippen LogP contribution in [0.1, 0.15) is 0 Å². The van der Waals surface area contributed by atoms with Gasteiger partial charge < -0.3 is 151 Å². The maximum atomic E-state index is 8.42. The van der Waals surface area contributed by atoms with Crippen LogP contribution < -0.4 is 151 Å². The van der Waals surface area contributed by atoms with Crippen LogP contribution in [0.4, 0.5) is 0 Å². The van der Waals surface area contributed by atoms with Crippen LogP contribution in [-0.2, 0) is 61.3 Å². The summed E-state index contributed by atoms with van der Waals surface area (Å²) < 4.78 is 0. The van der Waals surface area contributed by atoms with Crippen LogP contribution in [-0.4, -0.2) is 125 Å². The van der Waals surface area contributed by atoms with E-state index in [9.17, 15) is 0 Å². The molecule has 0 bridgehead atoms. The summed E-state index contributed by atoms with van der Waals surface area (Å²) in [5.74, 6) is 0. The van der Waals surface area contributed by atoms with Crippen molar-refractivity contribution in [3.05, 3.63) is 0 Å². The minimum absolute atomic E-state index is 0. The van der Waals surface area contributed by atoms with E-state index in [2.05, 4.69) is 0 Å². The van der Waals surface area contributed by atoms with Crippen molar-refractivity contribution in [1.82, 2.24) is 0 Å². The van der Waals surface area contributed by atoms with Gasteiger partial charge in [0.05, 0.1) is 0 Å². The minimum atomic E-state index is -2.92. The van der Waals surface area contributed by atoms with Gasteiger partial charge in [-0.3, -0.25) is 73.2 Å². The Labute approximate surface area is 334 Å². The van der Waals surface area contributed by atoms with Crippen molar-refractivity contribution < 1.29 is 212 Å². The van der Waals surface area contributed by atoms with Crippen LogP contribution in [0, 0.1) is 0 Å². The van der Waals surface area contributed by atoms with Gasteiger partial charge in [-0.25, -0.2) is 0 Å². The van der Waals surface area contributed by atoms with Crippen molar-refractivity contribution in [1.29, 1.82) is 0 Å². The number of rotatable bonds is 0. The predicted molar refractivity (Wildman–Crippen MR) is 74.8 cm³/mol. The second-order valence-corrected chi connectivity index (χ2v) is 2.89. The zero-order valence-electron chi connectivity index (χ0n) is 20.9. The molecule has 0 spiro atoms.